The molecule has 2 aromatic carbocycles. The van der Waals surface area contributed by atoms with Crippen molar-refractivity contribution in [3.05, 3.63) is 53.7 Å². The number of nitrogens with zero attached hydrogens (tertiary/aromatic N) is 2. The number of hydrogen-bond acceptors (Lipinski definition) is 5. The summed E-state index contributed by atoms with van der Waals surface area (Å²) in [5.74, 6) is 0.398. The summed E-state index contributed by atoms with van der Waals surface area (Å²) in [6.07, 6.45) is 0. The van der Waals surface area contributed by atoms with Crippen molar-refractivity contribution in [2.75, 3.05) is 0 Å². The highest BCUT2D eigenvalue weighted by atomic mass is 16.5. The zero-order chi connectivity index (χ0) is 14.8. The van der Waals surface area contributed by atoms with Crippen LogP contribution in [0.5, 0.6) is 5.75 Å². The second-order valence-corrected chi connectivity index (χ2v) is 4.60. The number of hydrogen-bond donors (Lipinski definition) is 2. The molecule has 21 heavy (non-hydrogen) atoms. The third-order valence-corrected chi connectivity index (χ3v) is 3.12. The maximum Gasteiger partial charge on any atom is 0.255 e. The van der Waals surface area contributed by atoms with Crippen LogP contribution in [0.25, 0.3) is 10.8 Å². The molecule has 0 spiro atoms. The molecule has 1 amide bonds. The average molecular weight is 283 g/mol. The van der Waals surface area contributed by atoms with E-state index in [1.54, 1.807) is 25.1 Å². The van der Waals surface area contributed by atoms with Crippen molar-refractivity contribution in [3.63, 3.8) is 0 Å². The Kier molecular flexibility index (Phi) is 3.27. The average Bonchev–Trinajstić information content (AvgIpc) is 2.91. The minimum absolute atomic E-state index is 0.0349. The molecule has 0 atom stereocenters. The summed E-state index contributed by atoms with van der Waals surface area (Å²) >= 11 is 0. The maximum atomic E-state index is 12.1. The van der Waals surface area contributed by atoms with Crippen LogP contribution < -0.4 is 5.32 Å². The number of benzene rings is 2. The molecule has 0 aliphatic carbocycles. The van der Waals surface area contributed by atoms with Crippen LogP contribution in [-0.4, -0.2) is 21.2 Å². The van der Waals surface area contributed by atoms with Gasteiger partial charge in [0.05, 0.1) is 12.1 Å². The van der Waals surface area contributed by atoms with Crippen molar-refractivity contribution < 1.29 is 14.4 Å². The van der Waals surface area contributed by atoms with Gasteiger partial charge in [-0.05, 0) is 18.4 Å². The molecule has 0 aliphatic heterocycles. The van der Waals surface area contributed by atoms with Crippen LogP contribution in [0.3, 0.4) is 0 Å². The number of phenolic OH excluding ortho intramolecular Hbond substituents is 1. The number of amides is 1. The number of nitrogens with one attached hydrogen (secondary N) is 1. The molecule has 0 radical (unpaired) electrons. The third-order valence-electron chi connectivity index (χ3n) is 3.12. The molecule has 106 valence electrons. The lowest BCUT2D eigenvalue weighted by Crippen LogP contribution is -2.23. The molecule has 1 aromatic heterocycles. The van der Waals surface area contributed by atoms with Gasteiger partial charge >= 0.3 is 0 Å². The standard InChI is InChI=1S/C15H13N3O3/c1-9-17-13(21-18-9)8-16-15(20)12-7-6-10-4-2-3-5-11(10)14(12)19/h2-7,19H,8H2,1H3,(H,16,20). The molecule has 0 unspecified atom stereocenters. The van der Waals surface area contributed by atoms with Gasteiger partial charge in [-0.3, -0.25) is 4.79 Å². The fourth-order valence-electron chi connectivity index (χ4n) is 2.10. The number of aromatic nitrogens is 2. The lowest BCUT2D eigenvalue weighted by atomic mass is 10.0. The molecule has 6 nitrogen and oxygen atoms in total. The Labute approximate surface area is 120 Å². The number of aromatic hydroxyl groups is 1. The number of carbonyl (C=O) groups excluding carboxylic acids is 1. The summed E-state index contributed by atoms with van der Waals surface area (Å²) in [6, 6.07) is 10.7. The van der Waals surface area contributed by atoms with E-state index in [4.69, 9.17) is 4.52 Å². The van der Waals surface area contributed by atoms with Gasteiger partial charge in [0.25, 0.3) is 5.91 Å². The Bertz CT molecular complexity index is 811. The van der Waals surface area contributed by atoms with Crippen molar-refractivity contribution >= 4 is 16.7 Å². The van der Waals surface area contributed by atoms with Crippen LogP contribution in [0.2, 0.25) is 0 Å². The Morgan fingerprint density at radius 2 is 2.10 bits per heavy atom. The highest BCUT2D eigenvalue weighted by molar-refractivity contribution is 6.03. The van der Waals surface area contributed by atoms with Crippen molar-refractivity contribution in [2.24, 2.45) is 0 Å². The molecule has 0 aliphatic rings. The number of aryl methyl sites for hydroxylation is 1. The monoisotopic (exact) mass is 283 g/mol. The van der Waals surface area contributed by atoms with Gasteiger partial charge in [-0.25, -0.2) is 0 Å². The van der Waals surface area contributed by atoms with Crippen LogP contribution in [-0.2, 0) is 6.54 Å². The normalized spacial score (nSPS) is 10.7. The van der Waals surface area contributed by atoms with Crippen LogP contribution in [0.15, 0.2) is 40.9 Å². The number of fused-ring (bicyclic) bond motifs is 1. The summed E-state index contributed by atoms with van der Waals surface area (Å²) in [4.78, 5) is 16.1. The predicted molar refractivity (Wildman–Crippen MR) is 75.8 cm³/mol. The van der Waals surface area contributed by atoms with E-state index in [2.05, 4.69) is 15.5 Å². The lowest BCUT2D eigenvalue weighted by molar-refractivity contribution is 0.0944. The number of rotatable bonds is 3. The summed E-state index contributed by atoms with van der Waals surface area (Å²) in [5.41, 5.74) is 0.213. The molecular weight excluding hydrogens is 270 g/mol. The zero-order valence-corrected chi connectivity index (χ0v) is 11.3. The van der Waals surface area contributed by atoms with Crippen LogP contribution >= 0.6 is 0 Å². The maximum absolute atomic E-state index is 12.1. The first-order chi connectivity index (χ1) is 10.1. The first-order valence-electron chi connectivity index (χ1n) is 6.43. The molecule has 3 aromatic rings. The van der Waals surface area contributed by atoms with Crippen LogP contribution in [0.1, 0.15) is 22.1 Å². The van der Waals surface area contributed by atoms with E-state index in [0.717, 1.165) is 5.39 Å². The Morgan fingerprint density at radius 1 is 1.29 bits per heavy atom. The Hall–Kier alpha value is -2.89. The van der Waals surface area contributed by atoms with Crippen molar-refractivity contribution in [1.29, 1.82) is 0 Å². The van der Waals surface area contributed by atoms with Gasteiger partial charge < -0.3 is 14.9 Å². The van der Waals surface area contributed by atoms with Gasteiger partial charge in [0.1, 0.15) is 5.75 Å². The quantitative estimate of drug-likeness (QED) is 0.769. The molecule has 0 saturated carbocycles. The Morgan fingerprint density at radius 3 is 2.86 bits per heavy atom. The molecule has 2 N–H and O–H groups in total. The Balaban J connectivity index is 1.82. The molecule has 1 heterocycles. The fourth-order valence-corrected chi connectivity index (χ4v) is 2.10. The topological polar surface area (TPSA) is 88.2 Å². The van der Waals surface area contributed by atoms with Crippen molar-refractivity contribution in [2.45, 2.75) is 13.5 Å². The van der Waals surface area contributed by atoms with E-state index in [1.165, 1.54) is 0 Å². The van der Waals surface area contributed by atoms with Crippen molar-refractivity contribution in [1.82, 2.24) is 15.5 Å². The second kappa shape index (κ2) is 5.24. The van der Waals surface area contributed by atoms with Gasteiger partial charge in [0, 0.05) is 5.39 Å². The predicted octanol–water partition coefficient (Wildman–Crippen LogP) is 2.17. The highest BCUT2D eigenvalue weighted by Crippen LogP contribution is 2.28. The molecule has 0 saturated heterocycles. The summed E-state index contributed by atoms with van der Waals surface area (Å²) < 4.78 is 4.91. The van der Waals surface area contributed by atoms with E-state index in [0.29, 0.717) is 17.1 Å². The first kappa shape index (κ1) is 13.1. The minimum atomic E-state index is -0.394. The minimum Gasteiger partial charge on any atom is -0.506 e. The van der Waals surface area contributed by atoms with Gasteiger partial charge in [-0.15, -0.1) is 0 Å². The lowest BCUT2D eigenvalue weighted by Gasteiger charge is -2.07. The SMILES string of the molecule is Cc1noc(CNC(=O)c2ccc3ccccc3c2O)n1. The molecule has 6 heteroatoms. The largest absolute Gasteiger partial charge is 0.506 e. The first-order valence-corrected chi connectivity index (χ1v) is 6.43. The second-order valence-electron chi connectivity index (χ2n) is 4.60. The number of phenols is 1. The van der Waals surface area contributed by atoms with Gasteiger partial charge in [-0.2, -0.15) is 4.98 Å². The smallest absolute Gasteiger partial charge is 0.255 e. The van der Waals surface area contributed by atoms with Gasteiger partial charge in [-0.1, -0.05) is 35.5 Å². The highest BCUT2D eigenvalue weighted by Gasteiger charge is 2.14. The van der Waals surface area contributed by atoms with E-state index < -0.39 is 5.91 Å². The molecule has 3 rings (SSSR count). The van der Waals surface area contributed by atoms with Crippen LogP contribution in [0.4, 0.5) is 0 Å². The van der Waals surface area contributed by atoms with E-state index in [1.807, 2.05) is 18.2 Å². The number of carbonyl (C=O) groups is 1. The van der Waals surface area contributed by atoms with Gasteiger partial charge in [0.15, 0.2) is 5.82 Å². The summed E-state index contributed by atoms with van der Waals surface area (Å²) in [6.45, 7) is 1.82. The molecular formula is C15H13N3O3. The van der Waals surface area contributed by atoms with Crippen molar-refractivity contribution in [3.8, 4) is 5.75 Å². The summed E-state index contributed by atoms with van der Waals surface area (Å²) in [5, 5.41) is 18.0. The molecule has 0 bridgehead atoms. The zero-order valence-electron chi connectivity index (χ0n) is 11.3. The molecule has 0 fully saturated rings. The van der Waals surface area contributed by atoms with Crippen LogP contribution in [0, 0.1) is 6.92 Å². The summed E-state index contributed by atoms with van der Waals surface area (Å²) in [7, 11) is 0. The van der Waals surface area contributed by atoms with E-state index in [-0.39, 0.29) is 17.9 Å². The van der Waals surface area contributed by atoms with E-state index in [9.17, 15) is 9.90 Å². The third kappa shape index (κ3) is 2.55. The fraction of sp³-hybridized carbons (Fsp3) is 0.133. The van der Waals surface area contributed by atoms with Gasteiger partial charge in [0.2, 0.25) is 5.89 Å². The van der Waals surface area contributed by atoms with E-state index >= 15 is 0 Å².